The number of rotatable bonds is 4. The Labute approximate surface area is 93.9 Å². The zero-order chi connectivity index (χ0) is 11.6. The molecule has 2 rings (SSSR count). The number of isocyanates is 1. The zero-order valence-electron chi connectivity index (χ0n) is 9.32. The number of aliphatic imine (C=N–C) groups is 1. The lowest BCUT2D eigenvalue weighted by molar-refractivity contribution is 0.348. The molecule has 0 amide bonds. The summed E-state index contributed by atoms with van der Waals surface area (Å²) < 4.78 is 10.5. The molecule has 4 heteroatoms. The molecule has 1 saturated carbocycles. The van der Waals surface area contributed by atoms with Crippen LogP contribution in [0.25, 0.3) is 0 Å². The maximum Gasteiger partial charge on any atom is 0.235 e. The Balaban J connectivity index is 2.52. The van der Waals surface area contributed by atoms with Gasteiger partial charge in [0.2, 0.25) is 6.08 Å². The summed E-state index contributed by atoms with van der Waals surface area (Å²) >= 11 is 0. The van der Waals surface area contributed by atoms with E-state index in [9.17, 15) is 4.79 Å². The molecule has 1 aromatic carbocycles. The number of benzene rings is 1. The topological polar surface area (TPSA) is 47.9 Å². The number of hydrogen-bond donors (Lipinski definition) is 0. The summed E-state index contributed by atoms with van der Waals surface area (Å²) in [7, 11) is 3.17. The van der Waals surface area contributed by atoms with Crippen molar-refractivity contribution >= 4 is 6.08 Å². The molecule has 0 spiro atoms. The summed E-state index contributed by atoms with van der Waals surface area (Å²) in [6.45, 7) is 0. The quantitative estimate of drug-likeness (QED) is 0.575. The molecule has 0 saturated heterocycles. The Morgan fingerprint density at radius 1 is 1.31 bits per heavy atom. The number of ether oxygens (including phenoxy) is 2. The van der Waals surface area contributed by atoms with Crippen LogP contribution < -0.4 is 9.47 Å². The van der Waals surface area contributed by atoms with Crippen LogP contribution in [0.15, 0.2) is 23.2 Å². The molecule has 4 nitrogen and oxygen atoms in total. The van der Waals surface area contributed by atoms with E-state index in [-0.39, 0.29) is 0 Å². The van der Waals surface area contributed by atoms with E-state index in [0.29, 0.717) is 11.5 Å². The Morgan fingerprint density at radius 3 is 2.56 bits per heavy atom. The standard InChI is InChI=1S/C12H13NO3/c1-15-10-5-3-4-9(11(10)16-2)12(6-7-12)13-8-14/h3-5H,6-7H2,1-2H3. The SMILES string of the molecule is COc1cccc(C2(N=C=O)CC2)c1OC. The Kier molecular flexibility index (Phi) is 2.67. The number of nitrogens with zero attached hydrogens (tertiary/aromatic N) is 1. The molecule has 1 aliphatic rings. The average molecular weight is 219 g/mol. The van der Waals surface area contributed by atoms with Crippen molar-refractivity contribution in [2.24, 2.45) is 4.99 Å². The molecular weight excluding hydrogens is 206 g/mol. The van der Waals surface area contributed by atoms with Crippen molar-refractivity contribution in [1.82, 2.24) is 0 Å². The molecule has 1 fully saturated rings. The van der Waals surface area contributed by atoms with E-state index in [2.05, 4.69) is 4.99 Å². The molecule has 0 atom stereocenters. The van der Waals surface area contributed by atoms with Crippen molar-refractivity contribution < 1.29 is 14.3 Å². The van der Waals surface area contributed by atoms with Gasteiger partial charge in [-0.05, 0) is 18.9 Å². The number of para-hydroxylation sites is 1. The van der Waals surface area contributed by atoms with Crippen LogP contribution >= 0.6 is 0 Å². The molecule has 0 N–H and O–H groups in total. The minimum absolute atomic E-state index is 0.429. The van der Waals surface area contributed by atoms with Gasteiger partial charge in [-0.2, -0.15) is 4.99 Å². The second kappa shape index (κ2) is 3.99. The Hall–Kier alpha value is -1.80. The van der Waals surface area contributed by atoms with Gasteiger partial charge in [0.25, 0.3) is 0 Å². The van der Waals surface area contributed by atoms with Gasteiger partial charge in [0.05, 0.1) is 14.2 Å². The first-order chi connectivity index (χ1) is 7.77. The highest BCUT2D eigenvalue weighted by molar-refractivity contribution is 5.53. The highest BCUT2D eigenvalue weighted by Crippen LogP contribution is 2.53. The molecule has 0 aliphatic heterocycles. The van der Waals surface area contributed by atoms with Gasteiger partial charge in [-0.25, -0.2) is 4.79 Å². The molecule has 16 heavy (non-hydrogen) atoms. The minimum atomic E-state index is -0.429. The highest BCUT2D eigenvalue weighted by Gasteiger charge is 2.47. The van der Waals surface area contributed by atoms with Crippen molar-refractivity contribution in [2.45, 2.75) is 18.4 Å². The predicted molar refractivity (Wildman–Crippen MR) is 58.6 cm³/mol. The molecule has 0 bridgehead atoms. The maximum atomic E-state index is 10.4. The average Bonchev–Trinajstić information content (AvgIpc) is 3.09. The molecule has 1 aromatic rings. The van der Waals surface area contributed by atoms with Crippen LogP contribution in [0.3, 0.4) is 0 Å². The van der Waals surface area contributed by atoms with Gasteiger partial charge in [0.15, 0.2) is 11.5 Å². The van der Waals surface area contributed by atoms with Gasteiger partial charge >= 0.3 is 0 Å². The first-order valence-electron chi connectivity index (χ1n) is 5.08. The molecular formula is C12H13NO3. The molecule has 0 unspecified atom stereocenters. The summed E-state index contributed by atoms with van der Waals surface area (Å²) in [5, 5.41) is 0. The van der Waals surface area contributed by atoms with E-state index in [1.165, 1.54) is 0 Å². The second-order valence-electron chi connectivity index (χ2n) is 3.78. The lowest BCUT2D eigenvalue weighted by Crippen LogP contribution is -2.06. The third kappa shape index (κ3) is 1.57. The van der Waals surface area contributed by atoms with E-state index in [4.69, 9.17) is 9.47 Å². The molecule has 0 radical (unpaired) electrons. The summed E-state index contributed by atoms with van der Waals surface area (Å²) in [6, 6.07) is 5.61. The van der Waals surface area contributed by atoms with Crippen LogP contribution in [-0.4, -0.2) is 20.3 Å². The third-order valence-corrected chi connectivity index (χ3v) is 2.89. The van der Waals surface area contributed by atoms with Gasteiger partial charge in [-0.3, -0.25) is 0 Å². The Bertz CT molecular complexity index is 446. The fourth-order valence-electron chi connectivity index (χ4n) is 1.90. The van der Waals surface area contributed by atoms with Crippen LogP contribution in [0.4, 0.5) is 0 Å². The number of methoxy groups -OCH3 is 2. The highest BCUT2D eigenvalue weighted by atomic mass is 16.5. The Morgan fingerprint density at radius 2 is 2.06 bits per heavy atom. The summed E-state index contributed by atoms with van der Waals surface area (Å²) in [6.07, 6.45) is 3.34. The van der Waals surface area contributed by atoms with E-state index >= 15 is 0 Å². The van der Waals surface area contributed by atoms with Crippen molar-refractivity contribution in [3.63, 3.8) is 0 Å². The molecule has 1 aliphatic carbocycles. The molecule has 0 aromatic heterocycles. The maximum absolute atomic E-state index is 10.4. The van der Waals surface area contributed by atoms with Crippen molar-refractivity contribution in [3.05, 3.63) is 23.8 Å². The van der Waals surface area contributed by atoms with E-state index in [0.717, 1.165) is 18.4 Å². The normalized spacial score (nSPS) is 16.1. The summed E-state index contributed by atoms with van der Waals surface area (Å²) in [5.41, 5.74) is 0.472. The minimum Gasteiger partial charge on any atom is -0.493 e. The van der Waals surface area contributed by atoms with Crippen LogP contribution in [-0.2, 0) is 10.3 Å². The zero-order valence-corrected chi connectivity index (χ0v) is 9.32. The van der Waals surface area contributed by atoms with E-state index < -0.39 is 5.54 Å². The predicted octanol–water partition coefficient (Wildman–Crippen LogP) is 2.03. The van der Waals surface area contributed by atoms with Gasteiger partial charge < -0.3 is 9.47 Å². The summed E-state index contributed by atoms with van der Waals surface area (Å²) in [4.78, 5) is 14.3. The summed E-state index contributed by atoms with van der Waals surface area (Å²) in [5.74, 6) is 1.31. The number of carbonyl (C=O) groups excluding carboxylic acids is 1. The van der Waals surface area contributed by atoms with Crippen LogP contribution in [0, 0.1) is 0 Å². The first-order valence-corrected chi connectivity index (χ1v) is 5.08. The van der Waals surface area contributed by atoms with Crippen molar-refractivity contribution in [3.8, 4) is 11.5 Å². The first kappa shape index (κ1) is 10.7. The fourth-order valence-corrected chi connectivity index (χ4v) is 1.90. The molecule has 0 heterocycles. The van der Waals surface area contributed by atoms with Crippen LogP contribution in [0.5, 0.6) is 11.5 Å². The van der Waals surface area contributed by atoms with Crippen LogP contribution in [0.2, 0.25) is 0 Å². The smallest absolute Gasteiger partial charge is 0.235 e. The van der Waals surface area contributed by atoms with Crippen molar-refractivity contribution in [1.29, 1.82) is 0 Å². The van der Waals surface area contributed by atoms with E-state index in [1.54, 1.807) is 20.3 Å². The lowest BCUT2D eigenvalue weighted by atomic mass is 10.0. The van der Waals surface area contributed by atoms with Crippen LogP contribution in [0.1, 0.15) is 18.4 Å². The van der Waals surface area contributed by atoms with E-state index in [1.807, 2.05) is 18.2 Å². The lowest BCUT2D eigenvalue weighted by Gasteiger charge is -2.15. The number of hydrogen-bond acceptors (Lipinski definition) is 4. The second-order valence-corrected chi connectivity index (χ2v) is 3.78. The molecule has 84 valence electrons. The van der Waals surface area contributed by atoms with Crippen molar-refractivity contribution in [2.75, 3.05) is 14.2 Å². The fraction of sp³-hybridized carbons (Fsp3) is 0.417. The van der Waals surface area contributed by atoms with Gasteiger partial charge in [0.1, 0.15) is 5.54 Å². The van der Waals surface area contributed by atoms with Gasteiger partial charge in [-0.1, -0.05) is 12.1 Å². The largest absolute Gasteiger partial charge is 0.493 e. The van der Waals surface area contributed by atoms with Gasteiger partial charge in [-0.15, -0.1) is 0 Å². The third-order valence-electron chi connectivity index (χ3n) is 2.89. The monoisotopic (exact) mass is 219 g/mol. The van der Waals surface area contributed by atoms with Gasteiger partial charge in [0, 0.05) is 5.56 Å².